The number of nitrogens with zero attached hydrogens (tertiary/aromatic N) is 6. The van der Waals surface area contributed by atoms with Gasteiger partial charge in [0.1, 0.15) is 6.33 Å². The zero-order valence-electron chi connectivity index (χ0n) is 14.5. The lowest BCUT2D eigenvalue weighted by molar-refractivity contribution is -0.383. The summed E-state index contributed by atoms with van der Waals surface area (Å²) in [6.07, 6.45) is 3.57. The maximum Gasteiger partial charge on any atom is 0.353 e. The van der Waals surface area contributed by atoms with Crippen molar-refractivity contribution in [2.75, 3.05) is 55.6 Å². The highest BCUT2D eigenvalue weighted by Crippen LogP contribution is 2.36. The SMILES string of the molecule is CCN1CCN(c2ncnc(N3CCC(C)CC3)c2[N+](=O)[O-])CC1. The van der Waals surface area contributed by atoms with Gasteiger partial charge < -0.3 is 14.7 Å². The van der Waals surface area contributed by atoms with Crippen LogP contribution in [0.3, 0.4) is 0 Å². The van der Waals surface area contributed by atoms with Crippen LogP contribution >= 0.6 is 0 Å². The van der Waals surface area contributed by atoms with Gasteiger partial charge in [0.15, 0.2) is 0 Å². The molecule has 0 spiro atoms. The fourth-order valence-corrected chi connectivity index (χ4v) is 3.48. The first kappa shape index (κ1) is 16.9. The topological polar surface area (TPSA) is 78.6 Å². The molecule has 0 amide bonds. The highest BCUT2D eigenvalue weighted by molar-refractivity contribution is 5.71. The third-order valence-corrected chi connectivity index (χ3v) is 5.17. The van der Waals surface area contributed by atoms with Crippen molar-refractivity contribution >= 4 is 17.3 Å². The van der Waals surface area contributed by atoms with Crippen molar-refractivity contribution in [1.29, 1.82) is 0 Å². The number of aromatic nitrogens is 2. The Morgan fingerprint density at radius 1 is 1.08 bits per heavy atom. The smallest absolute Gasteiger partial charge is 0.351 e. The first-order chi connectivity index (χ1) is 11.6. The number of nitro groups is 1. The van der Waals surface area contributed by atoms with Gasteiger partial charge in [0, 0.05) is 39.3 Å². The normalized spacial score (nSPS) is 20.4. The molecule has 8 heteroatoms. The van der Waals surface area contributed by atoms with Crippen molar-refractivity contribution in [1.82, 2.24) is 14.9 Å². The molecule has 3 heterocycles. The van der Waals surface area contributed by atoms with Gasteiger partial charge in [-0.05, 0) is 25.3 Å². The summed E-state index contributed by atoms with van der Waals surface area (Å²) >= 11 is 0. The van der Waals surface area contributed by atoms with Crippen molar-refractivity contribution in [2.24, 2.45) is 5.92 Å². The summed E-state index contributed by atoms with van der Waals surface area (Å²) in [5, 5.41) is 11.8. The summed E-state index contributed by atoms with van der Waals surface area (Å²) in [4.78, 5) is 26.4. The number of piperazine rings is 1. The zero-order chi connectivity index (χ0) is 17.1. The summed E-state index contributed by atoms with van der Waals surface area (Å²) in [7, 11) is 0. The van der Waals surface area contributed by atoms with Crippen LogP contribution in [0.1, 0.15) is 26.7 Å². The fourth-order valence-electron chi connectivity index (χ4n) is 3.48. The molecule has 3 rings (SSSR count). The maximum atomic E-state index is 11.8. The molecule has 2 fully saturated rings. The van der Waals surface area contributed by atoms with Crippen LogP contribution in [0.4, 0.5) is 17.3 Å². The Bertz CT molecular complexity index is 580. The average Bonchev–Trinajstić information content (AvgIpc) is 2.61. The van der Waals surface area contributed by atoms with Crippen molar-refractivity contribution in [2.45, 2.75) is 26.7 Å². The van der Waals surface area contributed by atoms with E-state index in [1.54, 1.807) is 0 Å². The minimum Gasteiger partial charge on any atom is -0.351 e. The van der Waals surface area contributed by atoms with Crippen LogP contribution in [0.15, 0.2) is 6.33 Å². The second kappa shape index (κ2) is 7.29. The molecule has 0 atom stereocenters. The van der Waals surface area contributed by atoms with E-state index in [0.29, 0.717) is 17.6 Å². The molecular formula is C16H26N6O2. The van der Waals surface area contributed by atoms with E-state index in [4.69, 9.17) is 0 Å². The molecule has 24 heavy (non-hydrogen) atoms. The second-order valence-corrected chi connectivity index (χ2v) is 6.72. The van der Waals surface area contributed by atoms with Gasteiger partial charge >= 0.3 is 5.69 Å². The van der Waals surface area contributed by atoms with Gasteiger partial charge in [-0.1, -0.05) is 13.8 Å². The van der Waals surface area contributed by atoms with Crippen LogP contribution in [0, 0.1) is 16.0 Å². The molecule has 2 saturated heterocycles. The zero-order valence-corrected chi connectivity index (χ0v) is 14.5. The van der Waals surface area contributed by atoms with E-state index in [2.05, 4.69) is 28.7 Å². The first-order valence-electron chi connectivity index (χ1n) is 8.81. The predicted molar refractivity (Wildman–Crippen MR) is 93.6 cm³/mol. The third kappa shape index (κ3) is 3.43. The molecule has 2 aliphatic rings. The van der Waals surface area contributed by atoms with Gasteiger partial charge in [0.25, 0.3) is 0 Å². The number of hydrogen-bond acceptors (Lipinski definition) is 7. The van der Waals surface area contributed by atoms with Gasteiger partial charge in [-0.15, -0.1) is 0 Å². The minimum atomic E-state index is -0.311. The largest absolute Gasteiger partial charge is 0.353 e. The standard InChI is InChI=1S/C16H26N6O2/c1-3-19-8-10-21(11-9-19)16-14(22(23)24)15(17-12-18-16)20-6-4-13(2)5-7-20/h12-13H,3-11H2,1-2H3. The van der Waals surface area contributed by atoms with Crippen molar-refractivity contribution in [3.63, 3.8) is 0 Å². The summed E-state index contributed by atoms with van der Waals surface area (Å²) in [5.74, 6) is 1.62. The average molecular weight is 334 g/mol. The molecule has 0 bridgehead atoms. The van der Waals surface area contributed by atoms with Gasteiger partial charge in [-0.25, -0.2) is 9.97 Å². The van der Waals surface area contributed by atoms with Crippen LogP contribution in [-0.4, -0.2) is 65.6 Å². The monoisotopic (exact) mass is 334 g/mol. The van der Waals surface area contributed by atoms with Gasteiger partial charge in [0.05, 0.1) is 4.92 Å². The summed E-state index contributed by atoms with van der Waals surface area (Å²) in [5.41, 5.74) is 0.0667. The second-order valence-electron chi connectivity index (χ2n) is 6.72. The van der Waals surface area contributed by atoms with Gasteiger partial charge in [-0.2, -0.15) is 0 Å². The van der Waals surface area contributed by atoms with E-state index in [1.807, 2.05) is 9.80 Å². The molecule has 2 aliphatic heterocycles. The fraction of sp³-hybridized carbons (Fsp3) is 0.750. The predicted octanol–water partition coefficient (Wildman–Crippen LogP) is 1.76. The Balaban J connectivity index is 1.87. The van der Waals surface area contributed by atoms with E-state index in [0.717, 1.165) is 58.7 Å². The van der Waals surface area contributed by atoms with Crippen LogP contribution < -0.4 is 9.80 Å². The van der Waals surface area contributed by atoms with Crippen LogP contribution in [-0.2, 0) is 0 Å². The Morgan fingerprint density at radius 2 is 1.62 bits per heavy atom. The Labute approximate surface area is 142 Å². The first-order valence-corrected chi connectivity index (χ1v) is 8.81. The van der Waals surface area contributed by atoms with Crippen molar-refractivity contribution < 1.29 is 4.92 Å². The lowest BCUT2D eigenvalue weighted by Crippen LogP contribution is -2.46. The van der Waals surface area contributed by atoms with E-state index in [-0.39, 0.29) is 10.6 Å². The van der Waals surface area contributed by atoms with E-state index >= 15 is 0 Å². The van der Waals surface area contributed by atoms with Crippen LogP contribution in [0.2, 0.25) is 0 Å². The number of piperidine rings is 1. The number of hydrogen-bond donors (Lipinski definition) is 0. The molecule has 1 aromatic heterocycles. The van der Waals surface area contributed by atoms with Crippen LogP contribution in [0.5, 0.6) is 0 Å². The molecule has 0 aliphatic carbocycles. The summed E-state index contributed by atoms with van der Waals surface area (Å²) < 4.78 is 0. The third-order valence-electron chi connectivity index (χ3n) is 5.17. The molecule has 0 N–H and O–H groups in total. The lowest BCUT2D eigenvalue weighted by Gasteiger charge is -2.35. The molecule has 0 saturated carbocycles. The van der Waals surface area contributed by atoms with Gasteiger partial charge in [0.2, 0.25) is 11.6 Å². The summed E-state index contributed by atoms with van der Waals surface area (Å²) in [6, 6.07) is 0. The van der Waals surface area contributed by atoms with E-state index in [9.17, 15) is 10.1 Å². The van der Waals surface area contributed by atoms with Crippen LogP contribution in [0.25, 0.3) is 0 Å². The molecule has 0 aromatic carbocycles. The molecule has 0 radical (unpaired) electrons. The lowest BCUT2D eigenvalue weighted by atomic mass is 9.99. The molecule has 0 unspecified atom stereocenters. The molecular weight excluding hydrogens is 308 g/mol. The Hall–Kier alpha value is -1.96. The maximum absolute atomic E-state index is 11.8. The molecule has 132 valence electrons. The number of anilines is 2. The highest BCUT2D eigenvalue weighted by atomic mass is 16.6. The van der Waals surface area contributed by atoms with Gasteiger partial charge in [-0.3, -0.25) is 10.1 Å². The van der Waals surface area contributed by atoms with Crippen molar-refractivity contribution in [3.8, 4) is 0 Å². The molecule has 8 nitrogen and oxygen atoms in total. The quantitative estimate of drug-likeness (QED) is 0.613. The summed E-state index contributed by atoms with van der Waals surface area (Å²) in [6.45, 7) is 10.4. The highest BCUT2D eigenvalue weighted by Gasteiger charge is 2.32. The number of rotatable bonds is 4. The van der Waals surface area contributed by atoms with Crippen molar-refractivity contribution in [3.05, 3.63) is 16.4 Å². The Kier molecular flexibility index (Phi) is 5.13. The van der Waals surface area contributed by atoms with E-state index < -0.39 is 0 Å². The van der Waals surface area contributed by atoms with E-state index in [1.165, 1.54) is 6.33 Å². The molecule has 1 aromatic rings. The number of likely N-dealkylation sites (N-methyl/N-ethyl adjacent to an activating group) is 1. The minimum absolute atomic E-state index is 0.0667. The Morgan fingerprint density at radius 3 is 2.12 bits per heavy atom.